The molecule has 0 heterocycles. The van der Waals surface area contributed by atoms with Crippen LogP contribution in [0.15, 0.2) is 30.3 Å². The SMILES string of the molecule is CCNS(=O)(=O)C(=O)Cc1ccccc1. The largest absolute Gasteiger partial charge is 0.280 e. The predicted molar refractivity (Wildman–Crippen MR) is 57.7 cm³/mol. The highest BCUT2D eigenvalue weighted by atomic mass is 32.2. The maximum Gasteiger partial charge on any atom is 0.274 e. The lowest BCUT2D eigenvalue weighted by atomic mass is 10.2. The molecule has 0 amide bonds. The van der Waals surface area contributed by atoms with Crippen LogP contribution >= 0.6 is 0 Å². The molecule has 4 nitrogen and oxygen atoms in total. The smallest absolute Gasteiger partial charge is 0.274 e. The number of nitrogens with one attached hydrogen (secondary N) is 1. The zero-order valence-electron chi connectivity index (χ0n) is 8.43. The Balaban J connectivity index is 2.73. The second-order valence-corrected chi connectivity index (χ2v) is 4.79. The van der Waals surface area contributed by atoms with Crippen LogP contribution in [0.1, 0.15) is 12.5 Å². The summed E-state index contributed by atoms with van der Waals surface area (Å²) in [4.78, 5) is 11.4. The molecule has 0 spiro atoms. The van der Waals surface area contributed by atoms with Crippen molar-refractivity contribution < 1.29 is 13.2 Å². The van der Waals surface area contributed by atoms with Crippen LogP contribution in [0.4, 0.5) is 0 Å². The van der Waals surface area contributed by atoms with Crippen molar-refractivity contribution in [2.75, 3.05) is 6.54 Å². The highest BCUT2D eigenvalue weighted by Gasteiger charge is 2.20. The Morgan fingerprint density at radius 3 is 2.40 bits per heavy atom. The van der Waals surface area contributed by atoms with E-state index in [1.54, 1.807) is 31.2 Å². The minimum absolute atomic E-state index is 0.0871. The van der Waals surface area contributed by atoms with E-state index in [1.807, 2.05) is 6.07 Å². The first-order valence-electron chi connectivity index (χ1n) is 4.62. The van der Waals surface area contributed by atoms with Gasteiger partial charge in [0.25, 0.3) is 15.1 Å². The van der Waals surface area contributed by atoms with Crippen LogP contribution in [0.25, 0.3) is 0 Å². The summed E-state index contributed by atoms with van der Waals surface area (Å²) < 4.78 is 24.7. The van der Waals surface area contributed by atoms with Crippen LogP contribution in [0.2, 0.25) is 0 Å². The number of hydrogen-bond acceptors (Lipinski definition) is 3. The fraction of sp³-hybridized carbons (Fsp3) is 0.300. The quantitative estimate of drug-likeness (QED) is 0.823. The van der Waals surface area contributed by atoms with Gasteiger partial charge in [-0.05, 0) is 5.56 Å². The van der Waals surface area contributed by atoms with Crippen LogP contribution in [-0.4, -0.2) is 20.1 Å². The Bertz CT molecular complexity index is 425. The number of carbonyl (C=O) groups excluding carboxylic acids is 1. The Labute approximate surface area is 89.4 Å². The minimum atomic E-state index is -3.80. The Morgan fingerprint density at radius 2 is 1.87 bits per heavy atom. The van der Waals surface area contributed by atoms with Crippen molar-refractivity contribution in [2.45, 2.75) is 13.3 Å². The summed E-state index contributed by atoms with van der Waals surface area (Å²) in [6.45, 7) is 1.86. The number of hydrogen-bond donors (Lipinski definition) is 1. The van der Waals surface area contributed by atoms with E-state index in [9.17, 15) is 13.2 Å². The van der Waals surface area contributed by atoms with E-state index >= 15 is 0 Å². The monoisotopic (exact) mass is 227 g/mol. The summed E-state index contributed by atoms with van der Waals surface area (Å²) in [7, 11) is -3.80. The van der Waals surface area contributed by atoms with Crippen LogP contribution in [0.5, 0.6) is 0 Å². The second-order valence-electron chi connectivity index (χ2n) is 3.04. The van der Waals surface area contributed by atoms with E-state index in [2.05, 4.69) is 4.72 Å². The number of benzene rings is 1. The first-order valence-corrected chi connectivity index (χ1v) is 6.11. The third-order valence-electron chi connectivity index (χ3n) is 1.83. The summed E-state index contributed by atoms with van der Waals surface area (Å²) in [6.07, 6.45) is -0.0871. The predicted octanol–water partition coefficient (Wildman–Crippen LogP) is 0.695. The van der Waals surface area contributed by atoms with E-state index in [4.69, 9.17) is 0 Å². The van der Waals surface area contributed by atoms with E-state index in [0.717, 1.165) is 0 Å². The van der Waals surface area contributed by atoms with Crippen LogP contribution in [0, 0.1) is 0 Å². The maximum absolute atomic E-state index is 11.4. The van der Waals surface area contributed by atoms with Gasteiger partial charge in [0.15, 0.2) is 0 Å². The highest BCUT2D eigenvalue weighted by Crippen LogP contribution is 2.02. The summed E-state index contributed by atoms with van der Waals surface area (Å²) in [5.41, 5.74) is 0.698. The molecule has 0 saturated carbocycles. The molecular formula is C10H13NO3S. The van der Waals surface area contributed by atoms with Gasteiger partial charge in [0.2, 0.25) is 0 Å². The van der Waals surface area contributed by atoms with Crippen LogP contribution < -0.4 is 4.72 Å². The van der Waals surface area contributed by atoms with Gasteiger partial charge in [-0.1, -0.05) is 37.3 Å². The van der Waals surface area contributed by atoms with Crippen molar-refractivity contribution in [1.29, 1.82) is 0 Å². The molecule has 1 aromatic rings. The molecule has 1 rings (SSSR count). The third kappa shape index (κ3) is 3.45. The van der Waals surface area contributed by atoms with Crippen molar-refractivity contribution >= 4 is 15.1 Å². The molecule has 0 aromatic heterocycles. The molecule has 0 unspecified atom stereocenters. The molecule has 15 heavy (non-hydrogen) atoms. The van der Waals surface area contributed by atoms with Gasteiger partial charge in [0, 0.05) is 13.0 Å². The van der Waals surface area contributed by atoms with Crippen LogP contribution in [0.3, 0.4) is 0 Å². The fourth-order valence-corrected chi connectivity index (χ4v) is 2.03. The highest BCUT2D eigenvalue weighted by molar-refractivity contribution is 8.04. The molecule has 1 aromatic carbocycles. The number of sulfonamides is 1. The Hall–Kier alpha value is -1.20. The molecule has 1 N–H and O–H groups in total. The van der Waals surface area contributed by atoms with Crippen molar-refractivity contribution in [1.82, 2.24) is 4.72 Å². The van der Waals surface area contributed by atoms with Gasteiger partial charge in [-0.2, -0.15) is 0 Å². The maximum atomic E-state index is 11.4. The summed E-state index contributed by atoms with van der Waals surface area (Å²) >= 11 is 0. The van der Waals surface area contributed by atoms with Crippen molar-refractivity contribution in [3.8, 4) is 0 Å². The van der Waals surface area contributed by atoms with E-state index < -0.39 is 15.1 Å². The molecule has 0 atom stereocenters. The molecular weight excluding hydrogens is 214 g/mol. The van der Waals surface area contributed by atoms with Gasteiger partial charge >= 0.3 is 0 Å². The molecule has 0 aliphatic rings. The van der Waals surface area contributed by atoms with E-state index in [0.29, 0.717) is 5.56 Å². The Morgan fingerprint density at radius 1 is 1.27 bits per heavy atom. The average molecular weight is 227 g/mol. The van der Waals surface area contributed by atoms with Crippen molar-refractivity contribution in [3.63, 3.8) is 0 Å². The number of rotatable bonds is 4. The lowest BCUT2D eigenvalue weighted by Crippen LogP contribution is -2.31. The summed E-state index contributed by atoms with van der Waals surface area (Å²) in [5.74, 6) is 0. The molecule has 0 fully saturated rings. The average Bonchev–Trinajstić information content (AvgIpc) is 2.19. The summed E-state index contributed by atoms with van der Waals surface area (Å²) in [6, 6.07) is 8.79. The molecule has 5 heteroatoms. The molecule has 0 saturated heterocycles. The topological polar surface area (TPSA) is 63.2 Å². The molecule has 0 aliphatic heterocycles. The van der Waals surface area contributed by atoms with Gasteiger partial charge in [-0.25, -0.2) is 13.1 Å². The molecule has 0 bridgehead atoms. The second kappa shape index (κ2) is 5.04. The zero-order chi connectivity index (χ0) is 11.3. The standard InChI is InChI=1S/C10H13NO3S/c1-2-11-15(13,14)10(12)8-9-6-4-3-5-7-9/h3-7,11H,2,8H2,1H3. The zero-order valence-corrected chi connectivity index (χ0v) is 9.25. The molecule has 82 valence electrons. The minimum Gasteiger partial charge on any atom is -0.280 e. The van der Waals surface area contributed by atoms with Crippen molar-refractivity contribution in [2.24, 2.45) is 0 Å². The van der Waals surface area contributed by atoms with Gasteiger partial charge in [-0.3, -0.25) is 4.79 Å². The number of carbonyl (C=O) groups is 1. The normalized spacial score (nSPS) is 11.3. The molecule has 0 radical (unpaired) electrons. The summed E-state index contributed by atoms with van der Waals surface area (Å²) in [5, 5.41) is -0.796. The lowest BCUT2D eigenvalue weighted by molar-refractivity contribution is -0.111. The van der Waals surface area contributed by atoms with Crippen molar-refractivity contribution in [3.05, 3.63) is 35.9 Å². The van der Waals surface area contributed by atoms with E-state index in [1.165, 1.54) is 0 Å². The van der Waals surface area contributed by atoms with Gasteiger partial charge in [-0.15, -0.1) is 0 Å². The molecule has 0 aliphatic carbocycles. The fourth-order valence-electron chi connectivity index (χ4n) is 1.13. The van der Waals surface area contributed by atoms with Gasteiger partial charge < -0.3 is 0 Å². The third-order valence-corrected chi connectivity index (χ3v) is 3.24. The Kier molecular flexibility index (Phi) is 3.99. The van der Waals surface area contributed by atoms with E-state index in [-0.39, 0.29) is 13.0 Å². The lowest BCUT2D eigenvalue weighted by Gasteiger charge is -2.02. The van der Waals surface area contributed by atoms with Gasteiger partial charge in [0.1, 0.15) is 0 Å². The first kappa shape index (κ1) is 11.9. The van der Waals surface area contributed by atoms with Crippen LogP contribution in [-0.2, 0) is 21.2 Å². The first-order chi connectivity index (χ1) is 7.06. The van der Waals surface area contributed by atoms with Gasteiger partial charge in [0.05, 0.1) is 0 Å².